The van der Waals surface area contributed by atoms with E-state index in [0.717, 1.165) is 17.7 Å². The van der Waals surface area contributed by atoms with Crippen molar-refractivity contribution in [1.82, 2.24) is 9.29 Å². The van der Waals surface area contributed by atoms with Crippen molar-refractivity contribution in [2.24, 2.45) is 0 Å². The van der Waals surface area contributed by atoms with Crippen LogP contribution in [0.3, 0.4) is 0 Å². The van der Waals surface area contributed by atoms with E-state index in [4.69, 9.17) is 0 Å². The lowest BCUT2D eigenvalue weighted by atomic mass is 10.0. The second-order valence-electron chi connectivity index (χ2n) is 6.73. The first kappa shape index (κ1) is 22.1. The minimum absolute atomic E-state index is 0.0543. The van der Waals surface area contributed by atoms with Crippen molar-refractivity contribution in [3.05, 3.63) is 76.5 Å². The van der Waals surface area contributed by atoms with Gasteiger partial charge in [0.05, 0.1) is 16.0 Å². The molecule has 3 rings (SSSR count). The van der Waals surface area contributed by atoms with Crippen LogP contribution in [0.1, 0.15) is 27.2 Å². The predicted molar refractivity (Wildman–Crippen MR) is 116 cm³/mol. The molecule has 1 N–H and O–H groups in total. The first-order valence-corrected chi connectivity index (χ1v) is 11.6. The maximum absolute atomic E-state index is 13.0. The third-order valence-corrected chi connectivity index (χ3v) is 7.39. The largest absolute Gasteiger partial charge is 0.361 e. The Bertz CT molecular complexity index is 1130. The van der Waals surface area contributed by atoms with E-state index in [-0.39, 0.29) is 17.2 Å². The number of carbonyl (C=O) groups is 1. The Morgan fingerprint density at radius 1 is 1.17 bits per heavy atom. The molecule has 3 aromatic rings. The summed E-state index contributed by atoms with van der Waals surface area (Å²) in [5.74, 6) is -0.548. The quantitative estimate of drug-likeness (QED) is 0.397. The van der Waals surface area contributed by atoms with Crippen LogP contribution in [0.15, 0.2) is 59.6 Å². The molecule has 0 bridgehead atoms. The van der Waals surface area contributed by atoms with Crippen molar-refractivity contribution in [2.75, 3.05) is 25.5 Å². The molecule has 0 fully saturated rings. The van der Waals surface area contributed by atoms with Crippen LogP contribution in [-0.2, 0) is 10.0 Å². The zero-order valence-corrected chi connectivity index (χ0v) is 18.3. The van der Waals surface area contributed by atoms with Crippen LogP contribution in [0.5, 0.6) is 0 Å². The number of aromatic nitrogens is 1. The molecular weight excluding hydrogens is 425 g/mol. The normalized spacial score (nSPS) is 11.6. The number of sulfonamides is 1. The number of thiazole rings is 1. The van der Waals surface area contributed by atoms with Crippen molar-refractivity contribution < 1.29 is 17.6 Å². The second-order valence-corrected chi connectivity index (χ2v) is 9.81. The van der Waals surface area contributed by atoms with Gasteiger partial charge < -0.3 is 5.32 Å². The van der Waals surface area contributed by atoms with Crippen molar-refractivity contribution in [2.45, 2.75) is 18.2 Å². The molecule has 0 saturated carbocycles. The Hall–Kier alpha value is -2.62. The number of hydrogen-bond donors (Lipinski definition) is 1. The van der Waals surface area contributed by atoms with Crippen LogP contribution in [0.2, 0.25) is 0 Å². The number of aryl methyl sites for hydroxylation is 1. The summed E-state index contributed by atoms with van der Waals surface area (Å²) in [5.41, 5.74) is 1.57. The van der Waals surface area contributed by atoms with Crippen LogP contribution in [0.4, 0.5) is 9.52 Å². The van der Waals surface area contributed by atoms with Gasteiger partial charge in [-0.25, -0.2) is 22.1 Å². The highest BCUT2D eigenvalue weighted by molar-refractivity contribution is 7.89. The summed E-state index contributed by atoms with van der Waals surface area (Å²) in [6.07, 6.45) is 2.09. The molecule has 1 aromatic heterocycles. The highest BCUT2D eigenvalue weighted by Crippen LogP contribution is 2.22. The number of benzene rings is 2. The van der Waals surface area contributed by atoms with Crippen molar-refractivity contribution in [3.63, 3.8) is 0 Å². The molecule has 0 aliphatic rings. The molecule has 0 radical (unpaired) electrons. The number of nitrogens with zero attached hydrogens (tertiary/aromatic N) is 2. The van der Waals surface area contributed by atoms with Gasteiger partial charge in [0, 0.05) is 25.7 Å². The summed E-state index contributed by atoms with van der Waals surface area (Å²) in [6.45, 7) is 2.67. The van der Waals surface area contributed by atoms with Gasteiger partial charge in [0.2, 0.25) is 15.8 Å². The van der Waals surface area contributed by atoms with E-state index in [1.54, 1.807) is 12.3 Å². The maximum atomic E-state index is 13.0. The number of hydrogen-bond acceptors (Lipinski definition) is 6. The highest BCUT2D eigenvalue weighted by Gasteiger charge is 2.20. The van der Waals surface area contributed by atoms with Gasteiger partial charge in [-0.2, -0.15) is 0 Å². The van der Waals surface area contributed by atoms with Crippen LogP contribution in [0.25, 0.3) is 0 Å². The fraction of sp³-hybridized carbons (Fsp3) is 0.238. The van der Waals surface area contributed by atoms with Crippen molar-refractivity contribution in [1.29, 1.82) is 0 Å². The fourth-order valence-electron chi connectivity index (χ4n) is 2.82. The molecular formula is C21H22FN3O3S2. The van der Waals surface area contributed by atoms with Gasteiger partial charge >= 0.3 is 0 Å². The number of ketones is 1. The van der Waals surface area contributed by atoms with Crippen molar-refractivity contribution in [3.8, 4) is 0 Å². The Morgan fingerprint density at radius 2 is 1.87 bits per heavy atom. The third-order valence-electron chi connectivity index (χ3n) is 4.57. The van der Waals surface area contributed by atoms with E-state index >= 15 is 0 Å². The lowest BCUT2D eigenvalue weighted by Crippen LogP contribution is -2.29. The van der Waals surface area contributed by atoms with Crippen LogP contribution in [-0.4, -0.2) is 43.6 Å². The molecule has 0 aliphatic heterocycles. The average Bonchev–Trinajstić information content (AvgIpc) is 3.20. The minimum Gasteiger partial charge on any atom is -0.361 e. The number of halogens is 1. The summed E-state index contributed by atoms with van der Waals surface area (Å²) >= 11 is 1.27. The molecule has 30 heavy (non-hydrogen) atoms. The Labute approximate surface area is 179 Å². The van der Waals surface area contributed by atoms with Gasteiger partial charge in [0.1, 0.15) is 5.82 Å². The van der Waals surface area contributed by atoms with Crippen LogP contribution in [0, 0.1) is 12.7 Å². The maximum Gasteiger partial charge on any atom is 0.242 e. The SMILES string of the molecule is Cc1ccccc1C(=O)c1cnc(NCCCN(C)S(=O)(=O)c2ccc(F)cc2)s1. The van der Waals surface area contributed by atoms with Crippen LogP contribution >= 0.6 is 11.3 Å². The van der Waals surface area contributed by atoms with Gasteiger partial charge in [-0.05, 0) is 43.2 Å². The lowest BCUT2D eigenvalue weighted by molar-refractivity contribution is 0.104. The Morgan fingerprint density at radius 3 is 2.57 bits per heavy atom. The summed E-state index contributed by atoms with van der Waals surface area (Å²) in [5, 5.41) is 3.73. The van der Waals surface area contributed by atoms with Gasteiger partial charge in [0.25, 0.3) is 0 Å². The molecule has 0 unspecified atom stereocenters. The first-order chi connectivity index (χ1) is 14.3. The zero-order valence-electron chi connectivity index (χ0n) is 16.6. The first-order valence-electron chi connectivity index (χ1n) is 9.31. The van der Waals surface area contributed by atoms with Gasteiger partial charge in [-0.3, -0.25) is 4.79 Å². The molecule has 0 spiro atoms. The number of rotatable bonds is 9. The summed E-state index contributed by atoms with van der Waals surface area (Å²) < 4.78 is 39.2. The Balaban J connectivity index is 1.52. The summed E-state index contributed by atoms with van der Waals surface area (Å²) in [6, 6.07) is 12.2. The van der Waals surface area contributed by atoms with Gasteiger partial charge in [-0.1, -0.05) is 35.6 Å². The molecule has 0 aliphatic carbocycles. The van der Waals surface area contributed by atoms with E-state index in [0.29, 0.717) is 28.5 Å². The smallest absolute Gasteiger partial charge is 0.242 e. The standard InChI is InChI=1S/C21H22FN3O3S2/c1-15-6-3-4-7-18(15)20(26)19-14-24-21(29-19)23-12-5-13-25(2)30(27,28)17-10-8-16(22)9-11-17/h3-4,6-11,14H,5,12-13H2,1-2H3,(H,23,24). The van der Waals surface area contributed by atoms with E-state index in [1.165, 1.54) is 34.8 Å². The second kappa shape index (κ2) is 9.46. The Kier molecular flexibility index (Phi) is 6.96. The number of nitrogens with one attached hydrogen (secondary N) is 1. The summed E-state index contributed by atoms with van der Waals surface area (Å²) in [4.78, 5) is 17.4. The molecule has 9 heteroatoms. The lowest BCUT2D eigenvalue weighted by Gasteiger charge is -2.17. The molecule has 2 aromatic carbocycles. The van der Waals surface area contributed by atoms with E-state index < -0.39 is 15.8 Å². The molecule has 0 saturated heterocycles. The number of anilines is 1. The van der Waals surface area contributed by atoms with Gasteiger partial charge in [-0.15, -0.1) is 0 Å². The van der Waals surface area contributed by atoms with Crippen LogP contribution < -0.4 is 5.32 Å². The molecule has 6 nitrogen and oxygen atoms in total. The molecule has 1 heterocycles. The monoisotopic (exact) mass is 447 g/mol. The minimum atomic E-state index is -3.66. The topological polar surface area (TPSA) is 79.4 Å². The van der Waals surface area contributed by atoms with Crippen molar-refractivity contribution >= 4 is 32.3 Å². The summed E-state index contributed by atoms with van der Waals surface area (Å²) in [7, 11) is -2.17. The van der Waals surface area contributed by atoms with E-state index in [1.807, 2.05) is 25.1 Å². The average molecular weight is 448 g/mol. The number of carbonyl (C=O) groups excluding carboxylic acids is 1. The molecule has 0 atom stereocenters. The molecule has 158 valence electrons. The van der Waals surface area contributed by atoms with E-state index in [9.17, 15) is 17.6 Å². The van der Waals surface area contributed by atoms with Gasteiger partial charge in [0.15, 0.2) is 5.13 Å². The fourth-order valence-corrected chi connectivity index (χ4v) is 4.83. The predicted octanol–water partition coefficient (Wildman–Crippen LogP) is 3.94. The highest BCUT2D eigenvalue weighted by atomic mass is 32.2. The zero-order chi connectivity index (χ0) is 21.7. The van der Waals surface area contributed by atoms with E-state index in [2.05, 4.69) is 10.3 Å². The third kappa shape index (κ3) is 5.10. The molecule has 0 amide bonds.